The molecule has 1 saturated carbocycles. The first kappa shape index (κ1) is 20.2. The number of amides is 3. The summed E-state index contributed by atoms with van der Waals surface area (Å²) < 4.78 is 0. The molecular formula is C21H29N3O4. The Labute approximate surface area is 165 Å². The average molecular weight is 387 g/mol. The van der Waals surface area contributed by atoms with Crippen molar-refractivity contribution in [3.8, 4) is 0 Å². The number of aromatic carboxylic acids is 1. The summed E-state index contributed by atoms with van der Waals surface area (Å²) in [4.78, 5) is 39.2. The van der Waals surface area contributed by atoms with Crippen LogP contribution in [0.1, 0.15) is 54.4 Å². The van der Waals surface area contributed by atoms with Crippen molar-refractivity contribution in [3.63, 3.8) is 0 Å². The molecule has 0 bridgehead atoms. The molecule has 1 heterocycles. The number of carbonyl (C=O) groups excluding carboxylic acids is 2. The third kappa shape index (κ3) is 5.47. The van der Waals surface area contributed by atoms with Gasteiger partial charge in [-0.05, 0) is 30.0 Å². The van der Waals surface area contributed by atoms with E-state index in [-0.39, 0.29) is 17.5 Å². The molecule has 0 spiro atoms. The van der Waals surface area contributed by atoms with Crippen LogP contribution in [0.25, 0.3) is 0 Å². The second kappa shape index (κ2) is 9.57. The van der Waals surface area contributed by atoms with Crippen LogP contribution < -0.4 is 5.32 Å². The van der Waals surface area contributed by atoms with Gasteiger partial charge in [0.15, 0.2) is 0 Å². The van der Waals surface area contributed by atoms with Crippen LogP contribution in [0, 0.1) is 5.92 Å². The van der Waals surface area contributed by atoms with Crippen molar-refractivity contribution in [1.29, 1.82) is 0 Å². The van der Waals surface area contributed by atoms with Gasteiger partial charge in [-0.3, -0.25) is 4.79 Å². The molecule has 2 aliphatic rings. The molecule has 7 nitrogen and oxygen atoms in total. The average Bonchev–Trinajstić information content (AvgIpc) is 3.24. The molecule has 1 aromatic rings. The first-order valence-electron chi connectivity index (χ1n) is 10.2. The second-order valence-electron chi connectivity index (χ2n) is 7.72. The molecule has 1 aromatic carbocycles. The number of benzene rings is 1. The van der Waals surface area contributed by atoms with E-state index < -0.39 is 5.97 Å². The lowest BCUT2D eigenvalue weighted by molar-refractivity contribution is -0.132. The smallest absolute Gasteiger partial charge is 0.335 e. The van der Waals surface area contributed by atoms with Gasteiger partial charge in [-0.2, -0.15) is 0 Å². The van der Waals surface area contributed by atoms with E-state index in [2.05, 4.69) is 5.32 Å². The highest BCUT2D eigenvalue weighted by Gasteiger charge is 2.25. The number of rotatable bonds is 6. The van der Waals surface area contributed by atoms with E-state index in [0.29, 0.717) is 39.1 Å². The predicted molar refractivity (Wildman–Crippen MR) is 105 cm³/mol. The Kier molecular flexibility index (Phi) is 6.90. The topological polar surface area (TPSA) is 89.9 Å². The maximum atomic E-state index is 12.4. The number of urea groups is 1. The maximum Gasteiger partial charge on any atom is 0.335 e. The lowest BCUT2D eigenvalue weighted by Crippen LogP contribution is -2.53. The summed E-state index contributed by atoms with van der Waals surface area (Å²) in [7, 11) is 0. The van der Waals surface area contributed by atoms with Gasteiger partial charge in [-0.1, -0.05) is 37.8 Å². The number of nitrogens with zero attached hydrogens (tertiary/aromatic N) is 2. The van der Waals surface area contributed by atoms with Gasteiger partial charge in [-0.15, -0.1) is 0 Å². The fourth-order valence-corrected chi connectivity index (χ4v) is 4.00. The largest absolute Gasteiger partial charge is 0.478 e. The third-order valence-electron chi connectivity index (χ3n) is 5.81. The van der Waals surface area contributed by atoms with Crippen LogP contribution in [-0.2, 0) is 11.3 Å². The van der Waals surface area contributed by atoms with Gasteiger partial charge in [0.25, 0.3) is 0 Å². The minimum absolute atomic E-state index is 0.152. The zero-order valence-corrected chi connectivity index (χ0v) is 16.2. The van der Waals surface area contributed by atoms with Crippen molar-refractivity contribution < 1.29 is 19.5 Å². The van der Waals surface area contributed by atoms with Gasteiger partial charge in [0.1, 0.15) is 0 Å². The Morgan fingerprint density at radius 2 is 1.57 bits per heavy atom. The quantitative estimate of drug-likeness (QED) is 0.785. The monoisotopic (exact) mass is 387 g/mol. The van der Waals surface area contributed by atoms with Crippen molar-refractivity contribution >= 4 is 17.9 Å². The van der Waals surface area contributed by atoms with Crippen LogP contribution in [-0.4, -0.2) is 59.0 Å². The summed E-state index contributed by atoms with van der Waals surface area (Å²) in [5, 5.41) is 11.8. The molecule has 7 heteroatoms. The number of carboxylic acids is 1. The zero-order chi connectivity index (χ0) is 19.9. The fraction of sp³-hybridized carbons (Fsp3) is 0.571. The number of piperazine rings is 1. The highest BCUT2D eigenvalue weighted by Crippen LogP contribution is 2.28. The van der Waals surface area contributed by atoms with Crippen LogP contribution in [0.2, 0.25) is 0 Å². The summed E-state index contributed by atoms with van der Waals surface area (Å²) in [6.45, 7) is 2.60. The van der Waals surface area contributed by atoms with Gasteiger partial charge in [0.05, 0.1) is 5.56 Å². The molecule has 3 rings (SSSR count). The van der Waals surface area contributed by atoms with Gasteiger partial charge in [-0.25, -0.2) is 9.59 Å². The summed E-state index contributed by atoms with van der Waals surface area (Å²) >= 11 is 0. The lowest BCUT2D eigenvalue weighted by Gasteiger charge is -2.35. The zero-order valence-electron chi connectivity index (χ0n) is 16.2. The molecule has 0 radical (unpaired) electrons. The Hall–Kier alpha value is -2.57. The van der Waals surface area contributed by atoms with E-state index in [0.717, 1.165) is 17.9 Å². The molecule has 2 fully saturated rings. The van der Waals surface area contributed by atoms with E-state index in [1.807, 2.05) is 4.90 Å². The number of nitrogens with one attached hydrogen (secondary N) is 1. The molecule has 0 atom stereocenters. The molecule has 3 amide bonds. The van der Waals surface area contributed by atoms with E-state index in [1.165, 1.54) is 37.8 Å². The first-order valence-corrected chi connectivity index (χ1v) is 10.2. The third-order valence-corrected chi connectivity index (χ3v) is 5.81. The summed E-state index contributed by atoms with van der Waals surface area (Å²) in [6.07, 6.45) is 6.76. The molecule has 1 saturated heterocycles. The normalized spacial score (nSPS) is 17.6. The summed E-state index contributed by atoms with van der Waals surface area (Å²) in [5.41, 5.74) is 1.07. The lowest BCUT2D eigenvalue weighted by atomic mass is 10.0. The number of hydrogen-bond donors (Lipinski definition) is 2. The van der Waals surface area contributed by atoms with Crippen molar-refractivity contribution in [2.75, 3.05) is 26.2 Å². The van der Waals surface area contributed by atoms with Crippen molar-refractivity contribution in [1.82, 2.24) is 15.1 Å². The molecule has 152 valence electrons. The minimum Gasteiger partial charge on any atom is -0.478 e. The fourth-order valence-electron chi connectivity index (χ4n) is 4.00. The van der Waals surface area contributed by atoms with E-state index in [9.17, 15) is 14.4 Å². The highest BCUT2D eigenvalue weighted by molar-refractivity contribution is 5.87. The van der Waals surface area contributed by atoms with Crippen molar-refractivity contribution in [3.05, 3.63) is 35.4 Å². The second-order valence-corrected chi connectivity index (χ2v) is 7.72. The van der Waals surface area contributed by atoms with Crippen LogP contribution in [0.4, 0.5) is 4.79 Å². The van der Waals surface area contributed by atoms with Crippen molar-refractivity contribution in [2.24, 2.45) is 5.92 Å². The summed E-state index contributed by atoms with van der Waals surface area (Å²) in [6, 6.07) is 6.30. The Balaban J connectivity index is 1.37. The number of hydrogen-bond acceptors (Lipinski definition) is 3. The van der Waals surface area contributed by atoms with E-state index in [4.69, 9.17) is 5.11 Å². The van der Waals surface area contributed by atoms with Crippen LogP contribution in [0.5, 0.6) is 0 Å². The van der Waals surface area contributed by atoms with E-state index >= 15 is 0 Å². The number of carboxylic acid groups (broad SMARTS) is 1. The van der Waals surface area contributed by atoms with E-state index in [1.54, 1.807) is 17.0 Å². The molecule has 0 aromatic heterocycles. The summed E-state index contributed by atoms with van der Waals surface area (Å²) in [5.74, 6) is -0.0303. The van der Waals surface area contributed by atoms with Gasteiger partial charge in [0, 0.05) is 39.1 Å². The maximum absolute atomic E-state index is 12.4. The Morgan fingerprint density at radius 3 is 2.18 bits per heavy atom. The molecule has 28 heavy (non-hydrogen) atoms. The van der Waals surface area contributed by atoms with Crippen LogP contribution in [0.15, 0.2) is 24.3 Å². The van der Waals surface area contributed by atoms with Crippen molar-refractivity contribution in [2.45, 2.75) is 45.1 Å². The Morgan fingerprint density at radius 1 is 0.964 bits per heavy atom. The molecule has 1 aliphatic heterocycles. The molecular weight excluding hydrogens is 358 g/mol. The van der Waals surface area contributed by atoms with Gasteiger partial charge < -0.3 is 20.2 Å². The Bertz CT molecular complexity index is 690. The highest BCUT2D eigenvalue weighted by atomic mass is 16.4. The minimum atomic E-state index is -0.966. The predicted octanol–water partition coefficient (Wildman–Crippen LogP) is 2.71. The van der Waals surface area contributed by atoms with Crippen LogP contribution >= 0.6 is 0 Å². The van der Waals surface area contributed by atoms with Gasteiger partial charge in [0.2, 0.25) is 5.91 Å². The number of carbonyl (C=O) groups is 3. The van der Waals surface area contributed by atoms with Gasteiger partial charge >= 0.3 is 12.0 Å². The standard InChI is InChI=1S/C21H29N3O4/c25-19(10-7-16-3-1-2-4-16)23-11-13-24(14-12-23)21(28)22-15-17-5-8-18(9-6-17)20(26)27/h5-6,8-9,16H,1-4,7,10-15H2,(H,22,28)(H,26,27). The molecule has 0 unspecified atom stereocenters. The first-order chi connectivity index (χ1) is 13.5. The molecule has 1 aliphatic carbocycles. The van der Waals surface area contributed by atoms with Crippen LogP contribution in [0.3, 0.4) is 0 Å². The molecule has 2 N–H and O–H groups in total. The SMILES string of the molecule is O=C(O)c1ccc(CNC(=O)N2CCN(C(=O)CCC3CCCC3)CC2)cc1.